The summed E-state index contributed by atoms with van der Waals surface area (Å²) in [4.78, 5) is 14.5. The normalized spacial score (nSPS) is 11.1. The first-order valence-electron chi connectivity index (χ1n) is 4.29. The lowest BCUT2D eigenvalue weighted by Gasteiger charge is -2.12. The molecule has 0 fully saturated rings. The highest BCUT2D eigenvalue weighted by Gasteiger charge is 2.34. The zero-order valence-electron chi connectivity index (χ0n) is 8.83. The van der Waals surface area contributed by atoms with Crippen molar-refractivity contribution in [3.8, 4) is 11.6 Å². The maximum absolute atomic E-state index is 12.0. The molecule has 0 aliphatic heterocycles. The number of aromatic nitrogens is 1. The summed E-state index contributed by atoms with van der Waals surface area (Å²) in [5.74, 6) is -2.48. The van der Waals surface area contributed by atoms with Crippen LogP contribution < -0.4 is 4.74 Å². The minimum absolute atomic E-state index is 0.100. The standard InChI is InChI=1S/C9H8F3NO4/c1-4-6(14)3-5(8(15)16-2)7(13-4)17-9(10,11)12/h3,14H,1-2H3. The molecule has 1 N–H and O–H groups in total. The Labute approximate surface area is 93.8 Å². The van der Waals surface area contributed by atoms with Crippen molar-refractivity contribution in [3.63, 3.8) is 0 Å². The average Bonchev–Trinajstić information content (AvgIpc) is 2.20. The van der Waals surface area contributed by atoms with Crippen LogP contribution in [0.15, 0.2) is 6.07 Å². The highest BCUT2D eigenvalue weighted by Crippen LogP contribution is 2.29. The number of aryl methyl sites for hydroxylation is 1. The minimum atomic E-state index is -4.99. The molecule has 0 aromatic carbocycles. The van der Waals surface area contributed by atoms with Crippen LogP contribution in [-0.4, -0.2) is 29.5 Å². The van der Waals surface area contributed by atoms with Crippen LogP contribution >= 0.6 is 0 Å². The number of pyridine rings is 1. The predicted octanol–water partition coefficient (Wildman–Crippen LogP) is 1.78. The number of esters is 1. The molecule has 1 rings (SSSR count). The molecule has 0 saturated carbocycles. The topological polar surface area (TPSA) is 68.7 Å². The van der Waals surface area contributed by atoms with Gasteiger partial charge in [0.15, 0.2) is 0 Å². The van der Waals surface area contributed by atoms with Crippen LogP contribution in [0.5, 0.6) is 11.6 Å². The fourth-order valence-electron chi connectivity index (χ4n) is 1.02. The van der Waals surface area contributed by atoms with Crippen molar-refractivity contribution < 1.29 is 32.5 Å². The van der Waals surface area contributed by atoms with Gasteiger partial charge in [0, 0.05) is 6.07 Å². The first kappa shape index (κ1) is 13.1. The summed E-state index contributed by atoms with van der Waals surface area (Å²) in [6, 6.07) is 0.801. The highest BCUT2D eigenvalue weighted by molar-refractivity contribution is 5.92. The number of carbonyl (C=O) groups is 1. The number of hydrogen-bond donors (Lipinski definition) is 1. The van der Waals surface area contributed by atoms with Gasteiger partial charge >= 0.3 is 12.3 Å². The van der Waals surface area contributed by atoms with Gasteiger partial charge in [-0.2, -0.15) is 0 Å². The molecular formula is C9H8F3NO4. The van der Waals surface area contributed by atoms with E-state index < -0.39 is 29.5 Å². The summed E-state index contributed by atoms with van der Waals surface area (Å²) in [6.07, 6.45) is -4.99. The van der Waals surface area contributed by atoms with Gasteiger partial charge in [0.1, 0.15) is 11.3 Å². The Balaban J connectivity index is 3.26. The smallest absolute Gasteiger partial charge is 0.506 e. The number of carbonyl (C=O) groups excluding carboxylic acids is 1. The second-order valence-electron chi connectivity index (χ2n) is 2.99. The van der Waals surface area contributed by atoms with Crippen LogP contribution in [0.1, 0.15) is 16.1 Å². The van der Waals surface area contributed by atoms with Crippen LogP contribution in [0.2, 0.25) is 0 Å². The van der Waals surface area contributed by atoms with Crippen LogP contribution in [-0.2, 0) is 4.74 Å². The van der Waals surface area contributed by atoms with Gasteiger partial charge in [0.05, 0.1) is 12.8 Å². The number of hydrogen-bond acceptors (Lipinski definition) is 5. The molecule has 0 spiro atoms. The van der Waals surface area contributed by atoms with E-state index in [1.807, 2.05) is 0 Å². The van der Waals surface area contributed by atoms with Gasteiger partial charge in [-0.05, 0) is 6.92 Å². The monoisotopic (exact) mass is 251 g/mol. The van der Waals surface area contributed by atoms with E-state index in [0.29, 0.717) is 0 Å². The number of alkyl halides is 3. The van der Waals surface area contributed by atoms with Crippen LogP contribution in [0.4, 0.5) is 13.2 Å². The lowest BCUT2D eigenvalue weighted by molar-refractivity contribution is -0.276. The zero-order valence-corrected chi connectivity index (χ0v) is 8.83. The lowest BCUT2D eigenvalue weighted by atomic mass is 10.2. The third-order valence-electron chi connectivity index (χ3n) is 1.77. The molecule has 0 aliphatic rings. The number of methoxy groups -OCH3 is 1. The van der Waals surface area contributed by atoms with Gasteiger partial charge in [-0.25, -0.2) is 9.78 Å². The number of nitrogens with zero attached hydrogens (tertiary/aromatic N) is 1. The molecule has 0 saturated heterocycles. The molecule has 1 aromatic rings. The van der Waals surface area contributed by atoms with E-state index >= 15 is 0 Å². The van der Waals surface area contributed by atoms with E-state index in [1.165, 1.54) is 6.92 Å². The number of aromatic hydroxyl groups is 1. The summed E-state index contributed by atoms with van der Waals surface area (Å²) in [5.41, 5.74) is -0.704. The maximum Gasteiger partial charge on any atom is 0.574 e. The summed E-state index contributed by atoms with van der Waals surface area (Å²) in [7, 11) is 0.983. The van der Waals surface area contributed by atoms with E-state index in [0.717, 1.165) is 13.2 Å². The van der Waals surface area contributed by atoms with Crippen molar-refractivity contribution in [1.29, 1.82) is 0 Å². The largest absolute Gasteiger partial charge is 0.574 e. The molecule has 0 unspecified atom stereocenters. The Hall–Kier alpha value is -1.99. The quantitative estimate of drug-likeness (QED) is 0.811. The highest BCUT2D eigenvalue weighted by atomic mass is 19.4. The van der Waals surface area contributed by atoms with E-state index in [2.05, 4.69) is 14.5 Å². The Morgan fingerprint density at radius 3 is 2.53 bits per heavy atom. The Kier molecular flexibility index (Phi) is 3.45. The SMILES string of the molecule is COC(=O)c1cc(O)c(C)nc1OC(F)(F)F. The first-order valence-corrected chi connectivity index (χ1v) is 4.29. The number of halogens is 3. The van der Waals surface area contributed by atoms with Crippen LogP contribution in [0.25, 0.3) is 0 Å². The summed E-state index contributed by atoms with van der Waals surface area (Å²) >= 11 is 0. The molecule has 8 heteroatoms. The first-order chi connectivity index (χ1) is 7.74. The third-order valence-corrected chi connectivity index (χ3v) is 1.77. The Bertz CT molecular complexity index is 445. The molecule has 0 aliphatic carbocycles. The van der Waals surface area contributed by atoms with Crippen molar-refractivity contribution in [2.45, 2.75) is 13.3 Å². The van der Waals surface area contributed by atoms with Gasteiger partial charge in [-0.3, -0.25) is 0 Å². The molecule has 0 atom stereocenters. The van der Waals surface area contributed by atoms with Crippen molar-refractivity contribution in [1.82, 2.24) is 4.98 Å². The summed E-state index contributed by atoms with van der Waals surface area (Å²) in [5, 5.41) is 9.26. The maximum atomic E-state index is 12.0. The van der Waals surface area contributed by atoms with Gasteiger partial charge in [0.2, 0.25) is 5.88 Å². The molecule has 94 valence electrons. The molecule has 5 nitrogen and oxygen atoms in total. The zero-order chi connectivity index (χ0) is 13.2. The van der Waals surface area contributed by atoms with E-state index in [1.54, 1.807) is 0 Å². The fourth-order valence-corrected chi connectivity index (χ4v) is 1.02. The van der Waals surface area contributed by atoms with Gasteiger partial charge in [-0.15, -0.1) is 13.2 Å². The van der Waals surface area contributed by atoms with Gasteiger partial charge < -0.3 is 14.6 Å². The van der Waals surface area contributed by atoms with Crippen molar-refractivity contribution in [2.24, 2.45) is 0 Å². The molecule has 1 aromatic heterocycles. The lowest BCUT2D eigenvalue weighted by Crippen LogP contribution is -2.20. The van der Waals surface area contributed by atoms with Crippen molar-refractivity contribution >= 4 is 5.97 Å². The molecule has 0 radical (unpaired) electrons. The van der Waals surface area contributed by atoms with E-state index in [-0.39, 0.29) is 5.69 Å². The second kappa shape index (κ2) is 4.48. The van der Waals surface area contributed by atoms with Gasteiger partial charge in [0.25, 0.3) is 0 Å². The predicted molar refractivity (Wildman–Crippen MR) is 48.7 cm³/mol. The molecule has 17 heavy (non-hydrogen) atoms. The van der Waals surface area contributed by atoms with Crippen molar-refractivity contribution in [3.05, 3.63) is 17.3 Å². The van der Waals surface area contributed by atoms with Crippen LogP contribution in [0.3, 0.4) is 0 Å². The van der Waals surface area contributed by atoms with E-state index in [9.17, 15) is 23.1 Å². The molecule has 0 bridgehead atoms. The molecular weight excluding hydrogens is 243 g/mol. The minimum Gasteiger partial charge on any atom is -0.506 e. The Morgan fingerprint density at radius 2 is 2.06 bits per heavy atom. The number of rotatable bonds is 2. The average molecular weight is 251 g/mol. The number of ether oxygens (including phenoxy) is 2. The molecule has 0 amide bonds. The van der Waals surface area contributed by atoms with Crippen molar-refractivity contribution in [2.75, 3.05) is 7.11 Å². The Morgan fingerprint density at radius 1 is 1.47 bits per heavy atom. The third kappa shape index (κ3) is 3.23. The summed E-state index contributed by atoms with van der Waals surface area (Å²) < 4.78 is 43.9. The second-order valence-corrected chi connectivity index (χ2v) is 2.99. The van der Waals surface area contributed by atoms with Gasteiger partial charge in [-0.1, -0.05) is 0 Å². The summed E-state index contributed by atoms with van der Waals surface area (Å²) in [6.45, 7) is 1.26. The van der Waals surface area contributed by atoms with E-state index in [4.69, 9.17) is 0 Å². The fraction of sp³-hybridized carbons (Fsp3) is 0.333. The van der Waals surface area contributed by atoms with Crippen LogP contribution in [0, 0.1) is 6.92 Å². The molecule has 1 heterocycles.